The Morgan fingerprint density at radius 1 is 0.250 bits per heavy atom. The van der Waals surface area contributed by atoms with Crippen molar-refractivity contribution in [3.8, 4) is 0 Å². The van der Waals surface area contributed by atoms with Crippen molar-refractivity contribution in [2.75, 3.05) is 0 Å². The predicted octanol–water partition coefficient (Wildman–Crippen LogP) is -1.75. The van der Waals surface area contributed by atoms with Crippen molar-refractivity contribution in [2.24, 2.45) is 0 Å². The molecule has 0 amide bonds. The van der Waals surface area contributed by atoms with Crippen molar-refractivity contribution in [1.29, 1.82) is 0 Å². The molecule has 12 heteroatoms. The zero-order chi connectivity index (χ0) is 0. The van der Waals surface area contributed by atoms with Crippen molar-refractivity contribution in [2.45, 2.75) is 0 Å². The maximum absolute atomic E-state index is 0. The average molecular weight is 304 g/mol. The summed E-state index contributed by atoms with van der Waals surface area (Å²) in [6.45, 7) is 0. The molecule has 0 radical (unpaired) electrons. The van der Waals surface area contributed by atoms with Crippen molar-refractivity contribution in [1.82, 2.24) is 0 Å². The Morgan fingerprint density at radius 3 is 0.250 bits per heavy atom. The molecule has 0 aromatic carbocycles. The standard InChI is InChI=1S/4Li.H3P.7H2S.4H/h;;;;1H3;7*1H2;;;;. The summed E-state index contributed by atoms with van der Waals surface area (Å²) in [6.07, 6.45) is 0. The zero-order valence-electron chi connectivity index (χ0n) is 4.21. The Hall–Kier alpha value is 5.27. The monoisotopic (exact) mass is 304 g/mol. The van der Waals surface area contributed by atoms with Gasteiger partial charge in [0.2, 0.25) is 0 Å². The topological polar surface area (TPSA) is 0 Å². The molecule has 0 aromatic rings. The molecule has 0 saturated carbocycles. The van der Waals surface area contributed by atoms with Gasteiger partial charge in [0.1, 0.15) is 0 Å². The zero-order valence-corrected chi connectivity index (χ0v) is 12.6. The quantitative estimate of drug-likeness (QED) is 0.368. The SMILES string of the molecule is P.S.S.S.S.S.S.S.[LiH].[LiH].[LiH].[LiH]. The summed E-state index contributed by atoms with van der Waals surface area (Å²) in [5, 5.41) is 0. The summed E-state index contributed by atoms with van der Waals surface area (Å²) in [7, 11) is 0. The van der Waals surface area contributed by atoms with Crippen LogP contribution in [0.2, 0.25) is 0 Å². The third-order valence-corrected chi connectivity index (χ3v) is 0. The van der Waals surface area contributed by atoms with Gasteiger partial charge in [0.15, 0.2) is 0 Å². The molecule has 0 aliphatic rings. The molecule has 1 unspecified atom stereocenters. The predicted molar refractivity (Wildman–Crippen MR) is 112 cm³/mol. The molecule has 0 N–H and O–H groups in total. The first-order valence-electron chi connectivity index (χ1n) is 0. The van der Waals surface area contributed by atoms with Gasteiger partial charge in [0.25, 0.3) is 0 Å². The summed E-state index contributed by atoms with van der Waals surface area (Å²) in [5.74, 6) is 0. The Balaban J connectivity index is 0. The Labute approximate surface area is 177 Å². The number of rotatable bonds is 0. The van der Waals surface area contributed by atoms with Crippen LogP contribution in [0.1, 0.15) is 0 Å². The van der Waals surface area contributed by atoms with Crippen LogP contribution >= 0.6 is 104 Å². The van der Waals surface area contributed by atoms with Crippen LogP contribution in [-0.4, -0.2) is 75.4 Å². The van der Waals surface area contributed by atoms with Crippen LogP contribution in [0.5, 0.6) is 0 Å². The second-order valence-electron chi connectivity index (χ2n) is 0. The van der Waals surface area contributed by atoms with E-state index in [9.17, 15) is 0 Å². The van der Waals surface area contributed by atoms with E-state index in [1.165, 1.54) is 0 Å². The molecule has 0 aliphatic heterocycles. The Morgan fingerprint density at radius 2 is 0.250 bits per heavy atom. The van der Waals surface area contributed by atoms with E-state index in [1.807, 2.05) is 0 Å². The van der Waals surface area contributed by atoms with Crippen LogP contribution < -0.4 is 0 Å². The van der Waals surface area contributed by atoms with Crippen LogP contribution in [0.25, 0.3) is 0 Å². The second kappa shape index (κ2) is 137. The first kappa shape index (κ1) is 165. The molecule has 0 heterocycles. The van der Waals surface area contributed by atoms with Gasteiger partial charge in [-0.15, -0.1) is 0 Å². The van der Waals surface area contributed by atoms with Crippen LogP contribution in [0, 0.1) is 0 Å². The van der Waals surface area contributed by atoms with E-state index in [0.717, 1.165) is 0 Å². The normalized spacial score (nSPS) is 0. The molecule has 0 bridgehead atoms. The van der Waals surface area contributed by atoms with E-state index < -0.39 is 0 Å². The van der Waals surface area contributed by atoms with Gasteiger partial charge in [-0.1, -0.05) is 0 Å². The number of hydrogen-bond acceptors (Lipinski definition) is 0. The first-order chi connectivity index (χ1) is 0. The molecule has 0 fully saturated rings. The molecule has 0 nitrogen and oxygen atoms in total. The molecule has 0 aliphatic carbocycles. The van der Waals surface area contributed by atoms with Crippen LogP contribution in [0.3, 0.4) is 0 Å². The van der Waals surface area contributed by atoms with Gasteiger partial charge in [-0.2, -0.15) is 104 Å². The average Bonchev–Trinajstić information content (AvgIpc) is 0. The molecule has 0 aromatic heterocycles. The molecule has 0 rings (SSSR count). The fourth-order valence-corrected chi connectivity index (χ4v) is 0. The number of hydrogen-bond donors (Lipinski definition) is 0. The summed E-state index contributed by atoms with van der Waals surface area (Å²) in [5.41, 5.74) is 0. The van der Waals surface area contributed by atoms with Gasteiger partial charge in [0.05, 0.1) is 0 Å². The summed E-state index contributed by atoms with van der Waals surface area (Å²) in [6, 6.07) is 0. The van der Waals surface area contributed by atoms with Gasteiger partial charge in [-0.3, -0.25) is 0 Å². The van der Waals surface area contributed by atoms with E-state index in [-0.39, 0.29) is 180 Å². The van der Waals surface area contributed by atoms with E-state index >= 15 is 0 Å². The maximum atomic E-state index is 0. The molecule has 12 heavy (non-hydrogen) atoms. The van der Waals surface area contributed by atoms with Gasteiger partial charge >= 0.3 is 75.4 Å². The van der Waals surface area contributed by atoms with Crippen molar-refractivity contribution in [3.63, 3.8) is 0 Å². The van der Waals surface area contributed by atoms with Crippen molar-refractivity contribution in [3.05, 3.63) is 0 Å². The second-order valence-corrected chi connectivity index (χ2v) is 0. The summed E-state index contributed by atoms with van der Waals surface area (Å²) >= 11 is 0. The third-order valence-electron chi connectivity index (χ3n) is 0. The molecular formula is H21Li4PS7. The van der Waals surface area contributed by atoms with Crippen molar-refractivity contribution >= 4 is 180 Å². The van der Waals surface area contributed by atoms with Crippen molar-refractivity contribution < 1.29 is 0 Å². The minimum absolute atomic E-state index is 0. The van der Waals surface area contributed by atoms with Crippen LogP contribution in [0.4, 0.5) is 0 Å². The molecule has 72 valence electrons. The summed E-state index contributed by atoms with van der Waals surface area (Å²) < 4.78 is 0. The molecule has 1 atom stereocenters. The van der Waals surface area contributed by atoms with Crippen LogP contribution in [0.15, 0.2) is 0 Å². The molecule has 0 saturated heterocycles. The molecule has 0 spiro atoms. The van der Waals surface area contributed by atoms with Gasteiger partial charge in [-0.05, 0) is 0 Å². The Bertz CT molecular complexity index is 15.4. The van der Waals surface area contributed by atoms with E-state index in [1.54, 1.807) is 0 Å². The molecular weight excluding hydrogens is 283 g/mol. The van der Waals surface area contributed by atoms with Gasteiger partial charge in [0, 0.05) is 0 Å². The van der Waals surface area contributed by atoms with Gasteiger partial charge in [-0.25, -0.2) is 0 Å². The van der Waals surface area contributed by atoms with E-state index in [2.05, 4.69) is 0 Å². The first-order valence-corrected chi connectivity index (χ1v) is 0. The third kappa shape index (κ3) is 112. The van der Waals surface area contributed by atoms with E-state index in [0.29, 0.717) is 0 Å². The van der Waals surface area contributed by atoms with Crippen LogP contribution in [-0.2, 0) is 0 Å². The minimum atomic E-state index is 0. The fraction of sp³-hybridized carbons (Fsp3) is 0. The Kier molecular flexibility index (Phi) is 1870. The van der Waals surface area contributed by atoms with Gasteiger partial charge < -0.3 is 0 Å². The van der Waals surface area contributed by atoms with E-state index in [4.69, 9.17) is 0 Å². The summed E-state index contributed by atoms with van der Waals surface area (Å²) in [4.78, 5) is 0. The fourth-order valence-electron chi connectivity index (χ4n) is 0.